The average Bonchev–Trinajstić information content (AvgIpc) is 2.36. The van der Waals surface area contributed by atoms with Gasteiger partial charge in [0.15, 0.2) is 11.0 Å². The van der Waals surface area contributed by atoms with Crippen molar-refractivity contribution >= 4 is 17.4 Å². The van der Waals surface area contributed by atoms with E-state index in [1.807, 2.05) is 13.8 Å². The first-order chi connectivity index (χ1) is 8.13. The van der Waals surface area contributed by atoms with E-state index in [9.17, 15) is 0 Å². The Labute approximate surface area is 107 Å². The molecule has 1 aliphatic rings. The van der Waals surface area contributed by atoms with Crippen LogP contribution >= 0.6 is 11.6 Å². The lowest BCUT2D eigenvalue weighted by Gasteiger charge is -2.33. The van der Waals surface area contributed by atoms with E-state index >= 15 is 0 Å². The second-order valence-corrected chi connectivity index (χ2v) is 4.87. The first-order valence-electron chi connectivity index (χ1n) is 5.90. The molecule has 5 heteroatoms. The summed E-state index contributed by atoms with van der Waals surface area (Å²) in [6.45, 7) is 5.92. The van der Waals surface area contributed by atoms with Crippen LogP contribution in [0.5, 0.6) is 0 Å². The second kappa shape index (κ2) is 5.19. The molecule has 0 saturated carbocycles. The summed E-state index contributed by atoms with van der Waals surface area (Å²) in [5, 5.41) is 8.71. The molecule has 0 amide bonds. The summed E-state index contributed by atoms with van der Waals surface area (Å²) in [4.78, 5) is 2.24. The quantitative estimate of drug-likeness (QED) is 0.813. The van der Waals surface area contributed by atoms with Gasteiger partial charge in [-0.2, -0.15) is 0 Å². The van der Waals surface area contributed by atoms with E-state index in [2.05, 4.69) is 15.1 Å². The lowest BCUT2D eigenvalue weighted by atomic mass is 10.1. The number of ether oxygens (including phenoxy) is 1. The molecule has 17 heavy (non-hydrogen) atoms. The van der Waals surface area contributed by atoms with Crippen LogP contribution in [0.25, 0.3) is 0 Å². The molecule has 1 fully saturated rings. The molecular weight excluding hydrogens is 238 g/mol. The Morgan fingerprint density at radius 2 is 2.06 bits per heavy atom. The number of rotatable bonds is 2. The van der Waals surface area contributed by atoms with Gasteiger partial charge < -0.3 is 9.64 Å². The van der Waals surface area contributed by atoms with E-state index in [0.717, 1.165) is 42.9 Å². The van der Waals surface area contributed by atoms with Crippen LogP contribution in [-0.4, -0.2) is 36.5 Å². The van der Waals surface area contributed by atoms with Crippen LogP contribution in [0.15, 0.2) is 0 Å². The predicted molar refractivity (Wildman–Crippen MR) is 68.8 cm³/mol. The van der Waals surface area contributed by atoms with Crippen LogP contribution in [0.2, 0.25) is 5.15 Å². The van der Waals surface area contributed by atoms with Gasteiger partial charge in [-0.25, -0.2) is 0 Å². The van der Waals surface area contributed by atoms with Crippen molar-refractivity contribution in [2.75, 3.05) is 25.1 Å². The van der Waals surface area contributed by atoms with Crippen LogP contribution in [-0.2, 0) is 4.74 Å². The van der Waals surface area contributed by atoms with E-state index in [1.165, 1.54) is 0 Å². The van der Waals surface area contributed by atoms with Crippen molar-refractivity contribution < 1.29 is 4.74 Å². The van der Waals surface area contributed by atoms with E-state index in [0.29, 0.717) is 11.3 Å². The van der Waals surface area contributed by atoms with Gasteiger partial charge in [-0.05, 0) is 37.8 Å². The smallest absolute Gasteiger partial charge is 0.155 e. The predicted octanol–water partition coefficient (Wildman–Crippen LogP) is 2.36. The molecule has 0 bridgehead atoms. The van der Waals surface area contributed by atoms with Crippen molar-refractivity contribution in [1.82, 2.24) is 10.2 Å². The summed E-state index contributed by atoms with van der Waals surface area (Å²) in [6.07, 6.45) is 2.54. The molecule has 0 aromatic carbocycles. The van der Waals surface area contributed by atoms with Gasteiger partial charge >= 0.3 is 0 Å². The molecule has 4 nitrogen and oxygen atoms in total. The fraction of sp³-hybridized carbons (Fsp3) is 0.667. The number of aromatic nitrogens is 2. The molecule has 2 heterocycles. The molecular formula is C12H18ClN3O. The number of hydrogen-bond acceptors (Lipinski definition) is 4. The summed E-state index contributed by atoms with van der Waals surface area (Å²) in [5.41, 5.74) is 2.12. The highest BCUT2D eigenvalue weighted by atomic mass is 35.5. The van der Waals surface area contributed by atoms with Crippen molar-refractivity contribution in [3.63, 3.8) is 0 Å². The Kier molecular flexibility index (Phi) is 3.84. The molecule has 1 aliphatic heterocycles. The zero-order valence-corrected chi connectivity index (χ0v) is 11.3. The highest BCUT2D eigenvalue weighted by Gasteiger charge is 2.23. The third-order valence-electron chi connectivity index (χ3n) is 3.45. The Morgan fingerprint density at radius 3 is 2.76 bits per heavy atom. The summed E-state index contributed by atoms with van der Waals surface area (Å²) < 4.78 is 5.42. The SMILES string of the molecule is COC1CCCN(c2nnc(Cl)c(C)c2C)C1. The fourth-order valence-electron chi connectivity index (χ4n) is 2.19. The molecule has 0 spiro atoms. The minimum absolute atomic E-state index is 0.293. The average molecular weight is 256 g/mol. The highest BCUT2D eigenvalue weighted by Crippen LogP contribution is 2.26. The summed E-state index contributed by atoms with van der Waals surface area (Å²) >= 11 is 5.96. The first-order valence-corrected chi connectivity index (χ1v) is 6.28. The fourth-order valence-corrected chi connectivity index (χ4v) is 2.37. The minimum Gasteiger partial charge on any atom is -0.380 e. The third kappa shape index (κ3) is 2.53. The zero-order chi connectivity index (χ0) is 12.4. The molecule has 0 N–H and O–H groups in total. The van der Waals surface area contributed by atoms with Crippen LogP contribution < -0.4 is 4.90 Å². The van der Waals surface area contributed by atoms with Crippen molar-refractivity contribution in [3.05, 3.63) is 16.3 Å². The van der Waals surface area contributed by atoms with Gasteiger partial charge in [-0.15, -0.1) is 10.2 Å². The van der Waals surface area contributed by atoms with E-state index in [4.69, 9.17) is 16.3 Å². The van der Waals surface area contributed by atoms with Crippen LogP contribution in [0.4, 0.5) is 5.82 Å². The summed E-state index contributed by atoms with van der Waals surface area (Å²) in [5.74, 6) is 0.939. The standard InChI is InChI=1S/C12H18ClN3O/c1-8-9(2)12(15-14-11(8)13)16-6-4-5-10(7-16)17-3/h10H,4-7H2,1-3H3. The summed E-state index contributed by atoms with van der Waals surface area (Å²) in [7, 11) is 1.76. The lowest BCUT2D eigenvalue weighted by molar-refractivity contribution is 0.0890. The Balaban J connectivity index is 2.25. The van der Waals surface area contributed by atoms with Gasteiger partial charge in [0, 0.05) is 20.2 Å². The van der Waals surface area contributed by atoms with Gasteiger partial charge in [0.1, 0.15) is 0 Å². The van der Waals surface area contributed by atoms with E-state index in [-0.39, 0.29) is 0 Å². The number of nitrogens with zero attached hydrogens (tertiary/aromatic N) is 3. The molecule has 94 valence electrons. The van der Waals surface area contributed by atoms with Crippen LogP contribution in [0, 0.1) is 13.8 Å². The van der Waals surface area contributed by atoms with Gasteiger partial charge in [0.05, 0.1) is 6.10 Å². The minimum atomic E-state index is 0.293. The molecule has 2 rings (SSSR count). The number of methoxy groups -OCH3 is 1. The van der Waals surface area contributed by atoms with Gasteiger partial charge in [0.2, 0.25) is 0 Å². The highest BCUT2D eigenvalue weighted by molar-refractivity contribution is 6.30. The van der Waals surface area contributed by atoms with Gasteiger partial charge in [-0.1, -0.05) is 11.6 Å². The zero-order valence-electron chi connectivity index (χ0n) is 10.5. The molecule has 1 atom stereocenters. The normalized spacial score (nSPS) is 20.7. The number of hydrogen-bond donors (Lipinski definition) is 0. The molecule has 0 radical (unpaired) electrons. The molecule has 0 aliphatic carbocycles. The van der Waals surface area contributed by atoms with Crippen molar-refractivity contribution in [2.24, 2.45) is 0 Å². The number of halogens is 1. The Hall–Kier alpha value is -0.870. The Morgan fingerprint density at radius 1 is 1.29 bits per heavy atom. The summed E-state index contributed by atoms with van der Waals surface area (Å²) in [6, 6.07) is 0. The third-order valence-corrected chi connectivity index (χ3v) is 3.81. The molecule has 1 unspecified atom stereocenters. The van der Waals surface area contributed by atoms with E-state index in [1.54, 1.807) is 7.11 Å². The largest absolute Gasteiger partial charge is 0.380 e. The maximum Gasteiger partial charge on any atom is 0.155 e. The van der Waals surface area contributed by atoms with Crippen molar-refractivity contribution in [3.8, 4) is 0 Å². The topological polar surface area (TPSA) is 38.2 Å². The maximum absolute atomic E-state index is 5.96. The number of piperidine rings is 1. The first kappa shape index (κ1) is 12.6. The van der Waals surface area contributed by atoms with Crippen LogP contribution in [0.1, 0.15) is 24.0 Å². The molecule has 1 aromatic heterocycles. The van der Waals surface area contributed by atoms with Crippen molar-refractivity contribution in [2.45, 2.75) is 32.8 Å². The monoisotopic (exact) mass is 255 g/mol. The number of anilines is 1. The Bertz CT molecular complexity index is 411. The van der Waals surface area contributed by atoms with Crippen molar-refractivity contribution in [1.29, 1.82) is 0 Å². The second-order valence-electron chi connectivity index (χ2n) is 4.51. The molecule has 1 aromatic rings. The van der Waals surface area contributed by atoms with E-state index < -0.39 is 0 Å². The lowest BCUT2D eigenvalue weighted by Crippen LogP contribution is -2.40. The van der Waals surface area contributed by atoms with Gasteiger partial charge in [0.25, 0.3) is 0 Å². The maximum atomic E-state index is 5.96. The van der Waals surface area contributed by atoms with Crippen LogP contribution in [0.3, 0.4) is 0 Å². The van der Waals surface area contributed by atoms with Gasteiger partial charge in [-0.3, -0.25) is 0 Å². The molecule has 1 saturated heterocycles.